The number of carbonyl (C=O) groups excluding carboxylic acids is 1. The van der Waals surface area contributed by atoms with Gasteiger partial charge in [0.05, 0.1) is 12.7 Å². The minimum absolute atomic E-state index is 0.0489. The van der Waals surface area contributed by atoms with Crippen molar-refractivity contribution in [3.05, 3.63) is 12.2 Å². The van der Waals surface area contributed by atoms with E-state index in [1.807, 2.05) is 18.2 Å². The molecule has 14 heavy (non-hydrogen) atoms. The van der Waals surface area contributed by atoms with Crippen molar-refractivity contribution in [3.8, 4) is 6.07 Å². The highest BCUT2D eigenvalue weighted by Crippen LogP contribution is 2.25. The fraction of sp³-hybridized carbons (Fsp3) is 0.636. The minimum atomic E-state index is -0.619. The molecule has 1 rings (SSSR count). The molecular formula is C11H15NO2. The van der Waals surface area contributed by atoms with Gasteiger partial charge in [-0.25, -0.2) is 0 Å². The molecule has 0 fully saturated rings. The highest BCUT2D eigenvalue weighted by Gasteiger charge is 2.28. The third-order valence-corrected chi connectivity index (χ3v) is 2.40. The van der Waals surface area contributed by atoms with E-state index in [0.717, 1.165) is 19.3 Å². The molecule has 2 atom stereocenters. The van der Waals surface area contributed by atoms with Crippen molar-refractivity contribution in [3.63, 3.8) is 0 Å². The summed E-state index contributed by atoms with van der Waals surface area (Å²) < 4.78 is 4.85. The zero-order valence-electron chi connectivity index (χ0n) is 8.40. The van der Waals surface area contributed by atoms with E-state index >= 15 is 0 Å². The molecular weight excluding hydrogens is 178 g/mol. The zero-order chi connectivity index (χ0) is 10.4. The second kappa shape index (κ2) is 5.43. The van der Waals surface area contributed by atoms with Gasteiger partial charge >= 0.3 is 5.97 Å². The van der Waals surface area contributed by atoms with Crippen LogP contribution in [0.25, 0.3) is 0 Å². The highest BCUT2D eigenvalue weighted by atomic mass is 16.5. The quantitative estimate of drug-likeness (QED) is 0.509. The SMILES string of the molecule is CCOC(=O)C(C#N)C1C=CCCC1. The Hall–Kier alpha value is -1.30. The number of hydrogen-bond acceptors (Lipinski definition) is 3. The molecule has 0 heterocycles. The van der Waals surface area contributed by atoms with E-state index in [-0.39, 0.29) is 11.9 Å². The predicted octanol–water partition coefficient (Wildman–Crippen LogP) is 2.05. The second-order valence-corrected chi connectivity index (χ2v) is 3.38. The van der Waals surface area contributed by atoms with Crippen LogP contribution in [0.3, 0.4) is 0 Å². The first-order valence-corrected chi connectivity index (χ1v) is 5.02. The first kappa shape index (κ1) is 10.8. The molecule has 3 nitrogen and oxygen atoms in total. The molecule has 0 aromatic rings. The molecule has 0 aliphatic heterocycles. The Morgan fingerprint density at radius 1 is 1.79 bits per heavy atom. The minimum Gasteiger partial charge on any atom is -0.465 e. The van der Waals surface area contributed by atoms with Gasteiger partial charge in [0.2, 0.25) is 0 Å². The summed E-state index contributed by atoms with van der Waals surface area (Å²) in [5, 5.41) is 8.89. The number of allylic oxidation sites excluding steroid dienone is 2. The molecule has 0 amide bonds. The highest BCUT2D eigenvalue weighted by molar-refractivity contribution is 5.75. The van der Waals surface area contributed by atoms with Crippen LogP contribution in [0.1, 0.15) is 26.2 Å². The molecule has 3 heteroatoms. The summed E-state index contributed by atoms with van der Waals surface area (Å²) in [5.41, 5.74) is 0. The van der Waals surface area contributed by atoms with E-state index in [9.17, 15) is 4.79 Å². The molecule has 0 spiro atoms. The molecule has 0 radical (unpaired) electrons. The van der Waals surface area contributed by atoms with Gasteiger partial charge in [-0.05, 0) is 26.2 Å². The van der Waals surface area contributed by atoms with E-state index in [4.69, 9.17) is 10.00 Å². The average molecular weight is 193 g/mol. The van der Waals surface area contributed by atoms with Crippen LogP contribution in [-0.2, 0) is 9.53 Å². The standard InChI is InChI=1S/C11H15NO2/c1-2-14-11(13)10(8-12)9-6-4-3-5-7-9/h4,6,9-10H,2-3,5,7H2,1H3. The van der Waals surface area contributed by atoms with Crippen LogP contribution in [0.2, 0.25) is 0 Å². The van der Waals surface area contributed by atoms with Gasteiger partial charge in [0, 0.05) is 5.92 Å². The lowest BCUT2D eigenvalue weighted by atomic mass is 9.85. The molecule has 2 unspecified atom stereocenters. The number of nitrogens with zero attached hydrogens (tertiary/aromatic N) is 1. The molecule has 0 saturated heterocycles. The van der Waals surface area contributed by atoms with Gasteiger partial charge < -0.3 is 4.74 Å². The van der Waals surface area contributed by atoms with Crippen LogP contribution < -0.4 is 0 Å². The van der Waals surface area contributed by atoms with E-state index < -0.39 is 5.92 Å². The summed E-state index contributed by atoms with van der Waals surface area (Å²) in [6, 6.07) is 2.03. The van der Waals surface area contributed by atoms with Crippen LogP contribution >= 0.6 is 0 Å². The summed E-state index contributed by atoms with van der Waals surface area (Å²) in [5.74, 6) is -0.953. The number of nitriles is 1. The van der Waals surface area contributed by atoms with Gasteiger partial charge in [0.25, 0.3) is 0 Å². The van der Waals surface area contributed by atoms with Crippen molar-refractivity contribution in [2.75, 3.05) is 6.61 Å². The number of carbonyl (C=O) groups is 1. The van der Waals surface area contributed by atoms with Crippen LogP contribution in [0.4, 0.5) is 0 Å². The Balaban J connectivity index is 2.61. The van der Waals surface area contributed by atoms with Crippen molar-refractivity contribution >= 4 is 5.97 Å². The molecule has 0 aromatic carbocycles. The topological polar surface area (TPSA) is 50.1 Å². The summed E-state index contributed by atoms with van der Waals surface area (Å²) in [6.07, 6.45) is 7.02. The van der Waals surface area contributed by atoms with Crippen LogP contribution in [-0.4, -0.2) is 12.6 Å². The fourth-order valence-electron chi connectivity index (χ4n) is 1.67. The molecule has 0 aromatic heterocycles. The van der Waals surface area contributed by atoms with Crippen LogP contribution in [0, 0.1) is 23.2 Å². The zero-order valence-corrected chi connectivity index (χ0v) is 8.40. The summed E-state index contributed by atoms with van der Waals surface area (Å²) in [6.45, 7) is 2.09. The third kappa shape index (κ3) is 2.59. The number of esters is 1. The van der Waals surface area contributed by atoms with E-state index in [1.54, 1.807) is 6.92 Å². The van der Waals surface area contributed by atoms with Crippen molar-refractivity contribution in [2.24, 2.45) is 11.8 Å². The lowest BCUT2D eigenvalue weighted by molar-refractivity contribution is -0.147. The van der Waals surface area contributed by atoms with E-state index in [0.29, 0.717) is 6.61 Å². The van der Waals surface area contributed by atoms with Crippen molar-refractivity contribution < 1.29 is 9.53 Å². The molecule has 0 N–H and O–H groups in total. The number of ether oxygens (including phenoxy) is 1. The summed E-state index contributed by atoms with van der Waals surface area (Å²) in [7, 11) is 0. The lowest BCUT2D eigenvalue weighted by Gasteiger charge is -2.19. The maximum Gasteiger partial charge on any atom is 0.323 e. The lowest BCUT2D eigenvalue weighted by Crippen LogP contribution is -2.24. The maximum atomic E-state index is 11.4. The van der Waals surface area contributed by atoms with E-state index in [2.05, 4.69) is 0 Å². The van der Waals surface area contributed by atoms with Gasteiger partial charge in [-0.1, -0.05) is 12.2 Å². The predicted molar refractivity (Wildman–Crippen MR) is 52.2 cm³/mol. The largest absolute Gasteiger partial charge is 0.465 e. The summed E-state index contributed by atoms with van der Waals surface area (Å²) in [4.78, 5) is 11.4. The smallest absolute Gasteiger partial charge is 0.323 e. The van der Waals surface area contributed by atoms with Crippen molar-refractivity contribution in [2.45, 2.75) is 26.2 Å². The van der Waals surface area contributed by atoms with Gasteiger partial charge in [-0.3, -0.25) is 4.79 Å². The van der Waals surface area contributed by atoms with Crippen molar-refractivity contribution in [1.29, 1.82) is 5.26 Å². The van der Waals surface area contributed by atoms with Gasteiger partial charge in [0.1, 0.15) is 5.92 Å². The normalized spacial score (nSPS) is 22.4. The molecule has 76 valence electrons. The Morgan fingerprint density at radius 2 is 2.57 bits per heavy atom. The molecule has 0 saturated carbocycles. The van der Waals surface area contributed by atoms with E-state index in [1.165, 1.54) is 0 Å². The number of rotatable bonds is 3. The van der Waals surface area contributed by atoms with Gasteiger partial charge in [-0.2, -0.15) is 5.26 Å². The third-order valence-electron chi connectivity index (χ3n) is 2.40. The average Bonchev–Trinajstić information content (AvgIpc) is 2.21. The van der Waals surface area contributed by atoms with Gasteiger partial charge in [0.15, 0.2) is 0 Å². The van der Waals surface area contributed by atoms with Crippen molar-refractivity contribution in [1.82, 2.24) is 0 Å². The molecule has 0 bridgehead atoms. The van der Waals surface area contributed by atoms with Crippen LogP contribution in [0.15, 0.2) is 12.2 Å². The van der Waals surface area contributed by atoms with Crippen LogP contribution in [0.5, 0.6) is 0 Å². The first-order chi connectivity index (χ1) is 6.79. The Bertz CT molecular complexity index is 265. The maximum absolute atomic E-state index is 11.4. The first-order valence-electron chi connectivity index (χ1n) is 5.02. The second-order valence-electron chi connectivity index (χ2n) is 3.38. The van der Waals surface area contributed by atoms with Gasteiger partial charge in [-0.15, -0.1) is 0 Å². The Kier molecular flexibility index (Phi) is 4.18. The summed E-state index contributed by atoms with van der Waals surface area (Å²) >= 11 is 0. The molecule has 1 aliphatic rings. The molecule has 1 aliphatic carbocycles. The Labute approximate surface area is 84.4 Å². The number of hydrogen-bond donors (Lipinski definition) is 0. The fourth-order valence-corrected chi connectivity index (χ4v) is 1.67. The Morgan fingerprint density at radius 3 is 3.07 bits per heavy atom. The monoisotopic (exact) mass is 193 g/mol.